The molecule has 56 heavy (non-hydrogen) atoms. The first-order valence-electron chi connectivity index (χ1n) is 19.8. The molecule has 0 fully saturated rings. The summed E-state index contributed by atoms with van der Waals surface area (Å²) in [5.41, 5.74) is 21.4. The number of rotatable bonds is 5. The summed E-state index contributed by atoms with van der Waals surface area (Å²) in [5, 5.41) is 2.53. The molecule has 0 amide bonds. The molecule has 2 aliphatic carbocycles. The quantitative estimate of drug-likeness (QED) is 0.188. The smallest absolute Gasteiger partial charge is 0.0543 e. The molecule has 0 saturated heterocycles. The Kier molecular flexibility index (Phi) is 6.98. The number of H-pyrrole nitrogens is 1. The van der Waals surface area contributed by atoms with Crippen LogP contribution in [0, 0.1) is 0 Å². The molecule has 2 aliphatic rings. The molecule has 0 atom stereocenters. The molecule has 0 spiro atoms. The van der Waals surface area contributed by atoms with Gasteiger partial charge in [0, 0.05) is 49.6 Å². The molecule has 2 nitrogen and oxygen atoms in total. The number of aromatic nitrogens is 1. The predicted molar refractivity (Wildman–Crippen MR) is 236 cm³/mol. The monoisotopic (exact) mass is 718 g/mol. The van der Waals surface area contributed by atoms with Crippen molar-refractivity contribution in [2.75, 3.05) is 4.90 Å². The zero-order valence-corrected chi connectivity index (χ0v) is 32.2. The van der Waals surface area contributed by atoms with Gasteiger partial charge in [0.05, 0.1) is 5.69 Å². The summed E-state index contributed by atoms with van der Waals surface area (Å²) in [6.07, 6.45) is 0. The molecule has 268 valence electrons. The minimum atomic E-state index is -0.0880. The SMILES string of the molecule is CC1(C)c2ccccc2-c2cc3c(cc21)[nH]c1ccc(-c2ccc(N(c4ccc(-c5ccccc5)cc4)c4cccc5c4-c4ccccc4C5(C)C)cc2)cc13. The molecule has 1 heterocycles. The number of aromatic amines is 1. The summed E-state index contributed by atoms with van der Waals surface area (Å²) in [6, 6.07) is 65.1. The molecular weight excluding hydrogens is 677 g/mol. The highest BCUT2D eigenvalue weighted by Crippen LogP contribution is 2.54. The van der Waals surface area contributed by atoms with Gasteiger partial charge in [0.25, 0.3) is 0 Å². The van der Waals surface area contributed by atoms with Gasteiger partial charge in [0.2, 0.25) is 0 Å². The van der Waals surface area contributed by atoms with Crippen molar-refractivity contribution in [2.45, 2.75) is 38.5 Å². The van der Waals surface area contributed by atoms with Gasteiger partial charge in [0.15, 0.2) is 0 Å². The number of fused-ring (bicyclic) bond motifs is 9. The van der Waals surface area contributed by atoms with E-state index in [1.54, 1.807) is 0 Å². The zero-order valence-electron chi connectivity index (χ0n) is 32.2. The van der Waals surface area contributed by atoms with E-state index in [0.29, 0.717) is 0 Å². The topological polar surface area (TPSA) is 19.0 Å². The van der Waals surface area contributed by atoms with E-state index in [1.807, 2.05) is 0 Å². The van der Waals surface area contributed by atoms with E-state index < -0.39 is 0 Å². The van der Waals surface area contributed by atoms with Crippen LogP contribution in [0.25, 0.3) is 66.3 Å². The molecule has 1 N–H and O–H groups in total. The van der Waals surface area contributed by atoms with Gasteiger partial charge in [-0.25, -0.2) is 0 Å². The normalized spacial score (nSPS) is 14.4. The molecule has 0 aliphatic heterocycles. The van der Waals surface area contributed by atoms with Crippen molar-refractivity contribution in [3.63, 3.8) is 0 Å². The second-order valence-corrected chi connectivity index (χ2v) is 16.7. The van der Waals surface area contributed by atoms with Crippen LogP contribution in [-0.2, 0) is 10.8 Å². The van der Waals surface area contributed by atoms with Gasteiger partial charge in [-0.2, -0.15) is 0 Å². The van der Waals surface area contributed by atoms with E-state index in [-0.39, 0.29) is 10.8 Å². The Hall–Kier alpha value is -6.64. The number of hydrogen-bond acceptors (Lipinski definition) is 1. The van der Waals surface area contributed by atoms with E-state index >= 15 is 0 Å². The zero-order chi connectivity index (χ0) is 37.8. The third-order valence-corrected chi connectivity index (χ3v) is 12.8. The van der Waals surface area contributed by atoms with E-state index in [2.05, 4.69) is 214 Å². The predicted octanol–water partition coefficient (Wildman–Crippen LogP) is 14.7. The van der Waals surface area contributed by atoms with Gasteiger partial charge in [0.1, 0.15) is 0 Å². The lowest BCUT2D eigenvalue weighted by Crippen LogP contribution is -2.16. The van der Waals surface area contributed by atoms with Crippen molar-refractivity contribution in [3.05, 3.63) is 198 Å². The molecule has 9 aromatic rings. The van der Waals surface area contributed by atoms with Crippen LogP contribution >= 0.6 is 0 Å². The third-order valence-electron chi connectivity index (χ3n) is 12.8. The van der Waals surface area contributed by atoms with Gasteiger partial charge in [-0.3, -0.25) is 0 Å². The van der Waals surface area contributed by atoms with Gasteiger partial charge in [-0.1, -0.05) is 149 Å². The fourth-order valence-electron chi connectivity index (χ4n) is 9.86. The van der Waals surface area contributed by atoms with Gasteiger partial charge in [-0.05, 0) is 116 Å². The number of nitrogens with zero attached hydrogens (tertiary/aromatic N) is 1. The van der Waals surface area contributed by atoms with E-state index in [4.69, 9.17) is 0 Å². The number of nitrogens with one attached hydrogen (secondary N) is 1. The Labute approximate surface area is 328 Å². The molecular formula is C54H42N2. The highest BCUT2D eigenvalue weighted by atomic mass is 15.1. The molecule has 0 saturated carbocycles. The van der Waals surface area contributed by atoms with Crippen LogP contribution in [0.1, 0.15) is 49.9 Å². The lowest BCUT2D eigenvalue weighted by atomic mass is 9.82. The molecule has 2 heteroatoms. The van der Waals surface area contributed by atoms with Gasteiger partial charge >= 0.3 is 0 Å². The van der Waals surface area contributed by atoms with Crippen LogP contribution in [0.4, 0.5) is 17.1 Å². The second kappa shape index (κ2) is 11.9. The summed E-state index contributed by atoms with van der Waals surface area (Å²) in [5.74, 6) is 0. The molecule has 0 unspecified atom stereocenters. The van der Waals surface area contributed by atoms with Crippen molar-refractivity contribution >= 4 is 38.9 Å². The molecule has 1 aromatic heterocycles. The van der Waals surface area contributed by atoms with Crippen LogP contribution in [0.3, 0.4) is 0 Å². The van der Waals surface area contributed by atoms with Gasteiger partial charge < -0.3 is 9.88 Å². The standard InChI is InChI=1S/C54H42N2/c1-53(2)46-18-11-9-16-41(46)52-47(53)19-12-20-51(52)56(38-26-21-35(22-27-38)34-13-6-5-7-14-34)39-28-23-36(24-29-39)37-25-30-49-43(31-37)44-32-42-40-15-8-10-17-45(40)54(3,4)48(42)33-50(44)55-49/h5-33,55H,1-4H3. The summed E-state index contributed by atoms with van der Waals surface area (Å²) < 4.78 is 0. The molecule has 11 rings (SSSR count). The minimum Gasteiger partial charge on any atom is -0.355 e. The summed E-state index contributed by atoms with van der Waals surface area (Å²) in [7, 11) is 0. The summed E-state index contributed by atoms with van der Waals surface area (Å²) >= 11 is 0. The fourth-order valence-corrected chi connectivity index (χ4v) is 9.86. The maximum absolute atomic E-state index is 3.75. The lowest BCUT2D eigenvalue weighted by Gasteiger charge is -2.29. The van der Waals surface area contributed by atoms with E-state index in [1.165, 1.54) is 94.3 Å². The summed E-state index contributed by atoms with van der Waals surface area (Å²) in [4.78, 5) is 6.19. The molecule has 8 aromatic carbocycles. The maximum atomic E-state index is 3.75. The molecule has 0 radical (unpaired) electrons. The lowest BCUT2D eigenvalue weighted by molar-refractivity contribution is 0.660. The second-order valence-electron chi connectivity index (χ2n) is 16.7. The largest absolute Gasteiger partial charge is 0.355 e. The number of hydrogen-bond donors (Lipinski definition) is 1. The average Bonchev–Trinajstić information content (AvgIpc) is 3.80. The maximum Gasteiger partial charge on any atom is 0.0543 e. The first kappa shape index (κ1) is 32.8. The summed E-state index contributed by atoms with van der Waals surface area (Å²) in [6.45, 7) is 9.40. The molecule has 0 bridgehead atoms. The average molecular weight is 719 g/mol. The van der Waals surface area contributed by atoms with Crippen LogP contribution < -0.4 is 4.90 Å². The third kappa shape index (κ3) is 4.75. The van der Waals surface area contributed by atoms with E-state index in [9.17, 15) is 0 Å². The highest BCUT2D eigenvalue weighted by molar-refractivity contribution is 6.11. The Morgan fingerprint density at radius 3 is 1.62 bits per heavy atom. The first-order chi connectivity index (χ1) is 27.3. The van der Waals surface area contributed by atoms with Crippen molar-refractivity contribution in [2.24, 2.45) is 0 Å². The Balaban J connectivity index is 1.02. The van der Waals surface area contributed by atoms with Crippen molar-refractivity contribution in [1.29, 1.82) is 0 Å². The Morgan fingerprint density at radius 1 is 0.375 bits per heavy atom. The van der Waals surface area contributed by atoms with Crippen molar-refractivity contribution in [1.82, 2.24) is 4.98 Å². The Bertz CT molecular complexity index is 3000. The van der Waals surface area contributed by atoms with Crippen LogP contribution in [0.15, 0.2) is 176 Å². The van der Waals surface area contributed by atoms with Crippen molar-refractivity contribution in [3.8, 4) is 44.5 Å². The fraction of sp³-hybridized carbons (Fsp3) is 0.111. The number of benzene rings is 8. The van der Waals surface area contributed by atoms with Gasteiger partial charge in [-0.15, -0.1) is 0 Å². The van der Waals surface area contributed by atoms with Crippen LogP contribution in [0.2, 0.25) is 0 Å². The number of anilines is 3. The van der Waals surface area contributed by atoms with Crippen LogP contribution in [-0.4, -0.2) is 4.98 Å². The van der Waals surface area contributed by atoms with Crippen molar-refractivity contribution < 1.29 is 0 Å². The van der Waals surface area contributed by atoms with Crippen LogP contribution in [0.5, 0.6) is 0 Å². The van der Waals surface area contributed by atoms with E-state index in [0.717, 1.165) is 11.4 Å². The minimum absolute atomic E-state index is 0.0262. The highest BCUT2D eigenvalue weighted by Gasteiger charge is 2.38. The first-order valence-corrected chi connectivity index (χ1v) is 19.8. The Morgan fingerprint density at radius 2 is 0.911 bits per heavy atom.